The zero-order valence-electron chi connectivity index (χ0n) is 27.6. The number of fused-ring (bicyclic) bond motifs is 1. The van der Waals surface area contributed by atoms with Gasteiger partial charge in [0.05, 0.1) is 16.4 Å². The number of halogens is 2. The summed E-state index contributed by atoms with van der Waals surface area (Å²) >= 11 is 0. The fourth-order valence-corrected chi connectivity index (χ4v) is 6.24. The standard InChI is InChI=1S/C37H41F2N5O3/c1-23(40-34-30-21-44(37(22-38)16-17-37)32(45)20-31(30)41-24(2)42-34)25-6-8-26(9-7-25)33(27-10-12-29(39)13-11-27)28-14-18-43(19-15-28)35(46)47-36(3,4)5/h6-13,20-21,23H,14-19,22H2,1-5H3,(H,40,41,42)/t23-/m1/s1. The molecule has 1 saturated heterocycles. The summed E-state index contributed by atoms with van der Waals surface area (Å²) < 4.78 is 34.9. The van der Waals surface area contributed by atoms with Crippen LogP contribution in [0, 0.1) is 12.7 Å². The van der Waals surface area contributed by atoms with Gasteiger partial charge in [-0.05, 0) is 94.7 Å². The predicted octanol–water partition coefficient (Wildman–Crippen LogP) is 7.70. The molecule has 0 spiro atoms. The number of carbonyl (C=O) groups is 1. The minimum Gasteiger partial charge on any atom is -0.444 e. The van der Waals surface area contributed by atoms with E-state index in [2.05, 4.69) is 39.6 Å². The number of aryl methyl sites for hydroxylation is 1. The number of hydrogen-bond acceptors (Lipinski definition) is 6. The molecule has 0 unspecified atom stereocenters. The lowest BCUT2D eigenvalue weighted by atomic mass is 9.88. The van der Waals surface area contributed by atoms with Crippen LogP contribution in [0.15, 0.2) is 71.2 Å². The Kier molecular flexibility index (Phi) is 8.63. The van der Waals surface area contributed by atoms with Gasteiger partial charge in [0.25, 0.3) is 5.56 Å². The van der Waals surface area contributed by atoms with Gasteiger partial charge in [0, 0.05) is 31.4 Å². The van der Waals surface area contributed by atoms with Gasteiger partial charge in [0.1, 0.15) is 29.7 Å². The lowest BCUT2D eigenvalue weighted by molar-refractivity contribution is 0.0236. The van der Waals surface area contributed by atoms with Crippen molar-refractivity contribution in [3.8, 4) is 0 Å². The molecule has 1 aliphatic carbocycles. The van der Waals surface area contributed by atoms with E-state index in [9.17, 15) is 18.4 Å². The SMILES string of the molecule is Cc1nc(N[C@H](C)c2ccc(C(=C3CCN(C(=O)OC(C)(C)C)CC3)c3ccc(F)cc3)cc2)c2cn(C3(CF)CC3)c(=O)cc2n1. The third-order valence-electron chi connectivity index (χ3n) is 8.99. The Morgan fingerprint density at radius 3 is 2.21 bits per heavy atom. The summed E-state index contributed by atoms with van der Waals surface area (Å²) in [6.45, 7) is 9.89. The van der Waals surface area contributed by atoms with E-state index in [1.165, 1.54) is 28.3 Å². The zero-order chi connectivity index (χ0) is 33.5. The first kappa shape index (κ1) is 32.3. The molecule has 4 aromatic rings. The molecule has 1 amide bonds. The first-order valence-electron chi connectivity index (χ1n) is 16.2. The smallest absolute Gasteiger partial charge is 0.410 e. The molecule has 2 aromatic heterocycles. The second kappa shape index (κ2) is 12.5. The highest BCUT2D eigenvalue weighted by atomic mass is 19.1. The molecule has 0 bridgehead atoms. The van der Waals surface area contributed by atoms with Crippen LogP contribution in [-0.2, 0) is 10.3 Å². The Labute approximate surface area is 273 Å². The molecule has 2 fully saturated rings. The molecule has 1 atom stereocenters. The zero-order valence-corrected chi connectivity index (χ0v) is 27.6. The largest absolute Gasteiger partial charge is 0.444 e. The van der Waals surface area contributed by atoms with E-state index in [1.807, 2.05) is 27.7 Å². The maximum Gasteiger partial charge on any atom is 0.410 e. The lowest BCUT2D eigenvalue weighted by Gasteiger charge is -2.32. The number of benzene rings is 2. The molecule has 3 heterocycles. The molecule has 246 valence electrons. The predicted molar refractivity (Wildman–Crippen MR) is 180 cm³/mol. The highest BCUT2D eigenvalue weighted by molar-refractivity contribution is 5.88. The van der Waals surface area contributed by atoms with Crippen LogP contribution in [-0.4, -0.2) is 50.9 Å². The fourth-order valence-electron chi connectivity index (χ4n) is 6.24. The Morgan fingerprint density at radius 1 is 1.02 bits per heavy atom. The molecule has 6 rings (SSSR count). The molecule has 2 aliphatic rings. The molecule has 8 nitrogen and oxygen atoms in total. The lowest BCUT2D eigenvalue weighted by Crippen LogP contribution is -2.40. The Hall–Kier alpha value is -4.60. The van der Waals surface area contributed by atoms with Gasteiger partial charge in [0.15, 0.2) is 0 Å². The number of ether oxygens (including phenoxy) is 1. The van der Waals surface area contributed by atoms with E-state index in [4.69, 9.17) is 4.74 Å². The molecule has 47 heavy (non-hydrogen) atoms. The van der Waals surface area contributed by atoms with E-state index < -0.39 is 17.8 Å². The molecule has 0 radical (unpaired) electrons. The third-order valence-corrected chi connectivity index (χ3v) is 8.99. The summed E-state index contributed by atoms with van der Waals surface area (Å²) in [6.07, 6.45) is 4.00. The van der Waals surface area contributed by atoms with Gasteiger partial charge in [-0.2, -0.15) is 0 Å². The number of likely N-dealkylation sites (tertiary alicyclic amines) is 1. The van der Waals surface area contributed by atoms with Gasteiger partial charge in [-0.3, -0.25) is 4.79 Å². The van der Waals surface area contributed by atoms with Crippen molar-refractivity contribution >= 4 is 28.4 Å². The topological polar surface area (TPSA) is 89.4 Å². The number of anilines is 1. The number of aromatic nitrogens is 3. The van der Waals surface area contributed by atoms with Crippen molar-refractivity contribution in [1.29, 1.82) is 0 Å². The van der Waals surface area contributed by atoms with E-state index in [0.717, 1.165) is 22.3 Å². The molecular formula is C37H41F2N5O3. The van der Waals surface area contributed by atoms with E-state index in [1.54, 1.807) is 30.2 Å². The van der Waals surface area contributed by atoms with Crippen LogP contribution < -0.4 is 10.9 Å². The number of hydrogen-bond donors (Lipinski definition) is 1. The summed E-state index contributed by atoms with van der Waals surface area (Å²) in [5.74, 6) is 0.813. The molecular weight excluding hydrogens is 600 g/mol. The van der Waals surface area contributed by atoms with Crippen molar-refractivity contribution in [2.45, 2.75) is 77.5 Å². The second-order valence-electron chi connectivity index (χ2n) is 13.7. The van der Waals surface area contributed by atoms with Crippen molar-refractivity contribution in [3.05, 3.63) is 105 Å². The van der Waals surface area contributed by atoms with Crippen molar-refractivity contribution in [2.24, 2.45) is 0 Å². The Balaban J connectivity index is 1.27. The highest BCUT2D eigenvalue weighted by Gasteiger charge is 2.45. The van der Waals surface area contributed by atoms with Crippen molar-refractivity contribution in [3.63, 3.8) is 0 Å². The minimum atomic E-state index is -0.766. The maximum atomic E-state index is 13.9. The third kappa shape index (κ3) is 6.92. The average Bonchev–Trinajstić information content (AvgIpc) is 3.83. The molecule has 1 aliphatic heterocycles. The number of amides is 1. The number of nitrogens with zero attached hydrogens (tertiary/aromatic N) is 4. The number of rotatable bonds is 7. The van der Waals surface area contributed by atoms with Gasteiger partial charge in [0.2, 0.25) is 0 Å². The van der Waals surface area contributed by atoms with Crippen LogP contribution in [0.5, 0.6) is 0 Å². The summed E-state index contributed by atoms with van der Waals surface area (Å²) in [6, 6.07) is 16.1. The number of pyridine rings is 1. The van der Waals surface area contributed by atoms with E-state index in [-0.39, 0.29) is 23.5 Å². The first-order chi connectivity index (χ1) is 22.4. The van der Waals surface area contributed by atoms with E-state index in [0.29, 0.717) is 61.3 Å². The number of alkyl halides is 1. The summed E-state index contributed by atoms with van der Waals surface area (Å²) in [5.41, 5.74) is 4.10. The normalized spacial score (nSPS) is 16.6. The number of piperidine rings is 1. The molecule has 2 aromatic carbocycles. The van der Waals surface area contributed by atoms with Crippen molar-refractivity contribution in [2.75, 3.05) is 25.1 Å². The van der Waals surface area contributed by atoms with Crippen molar-refractivity contribution in [1.82, 2.24) is 19.4 Å². The first-order valence-corrected chi connectivity index (χ1v) is 16.2. The van der Waals surface area contributed by atoms with E-state index >= 15 is 0 Å². The van der Waals surface area contributed by atoms with Crippen LogP contribution in [0.4, 0.5) is 19.4 Å². The van der Waals surface area contributed by atoms with Gasteiger partial charge in [-0.1, -0.05) is 42.0 Å². The van der Waals surface area contributed by atoms with Gasteiger partial charge in [-0.15, -0.1) is 0 Å². The van der Waals surface area contributed by atoms with Crippen LogP contribution >= 0.6 is 0 Å². The molecule has 1 N–H and O–H groups in total. The van der Waals surface area contributed by atoms with Crippen LogP contribution in [0.25, 0.3) is 16.5 Å². The summed E-state index contributed by atoms with van der Waals surface area (Å²) in [5, 5.41) is 4.16. The van der Waals surface area contributed by atoms with Crippen LogP contribution in [0.1, 0.15) is 81.9 Å². The second-order valence-corrected chi connectivity index (χ2v) is 13.7. The van der Waals surface area contributed by atoms with Gasteiger partial charge >= 0.3 is 6.09 Å². The average molecular weight is 642 g/mol. The van der Waals surface area contributed by atoms with Gasteiger partial charge < -0.3 is 19.5 Å². The molecule has 10 heteroatoms. The minimum absolute atomic E-state index is 0.156. The van der Waals surface area contributed by atoms with Gasteiger partial charge in [-0.25, -0.2) is 23.5 Å². The van der Waals surface area contributed by atoms with Crippen molar-refractivity contribution < 1.29 is 18.3 Å². The Morgan fingerprint density at radius 2 is 1.64 bits per heavy atom. The number of carbonyl (C=O) groups excluding carboxylic acids is 1. The monoisotopic (exact) mass is 641 g/mol. The van der Waals surface area contributed by atoms with Crippen LogP contribution in [0.3, 0.4) is 0 Å². The maximum absolute atomic E-state index is 13.9. The fraction of sp³-hybridized carbons (Fsp3) is 0.405. The highest BCUT2D eigenvalue weighted by Crippen LogP contribution is 2.43. The Bertz CT molecular complexity index is 1880. The number of nitrogens with one attached hydrogen (secondary N) is 1. The summed E-state index contributed by atoms with van der Waals surface area (Å²) in [4.78, 5) is 36.4. The quantitative estimate of drug-likeness (QED) is 0.223. The summed E-state index contributed by atoms with van der Waals surface area (Å²) in [7, 11) is 0. The van der Waals surface area contributed by atoms with Crippen LogP contribution in [0.2, 0.25) is 0 Å². The molecule has 1 saturated carbocycles.